The van der Waals surface area contributed by atoms with E-state index < -0.39 is 0 Å². The third-order valence-electron chi connectivity index (χ3n) is 1.25. The number of hydrogen-bond donors (Lipinski definition) is 0. The zero-order valence-corrected chi connectivity index (χ0v) is 9.92. The Morgan fingerprint density at radius 3 is 1.43 bits per heavy atom. The summed E-state index contributed by atoms with van der Waals surface area (Å²) in [5.74, 6) is 0. The standard InChI is InChI=1S/C8H10.C2H6.2C2H4/c1-2-8-6-4-3-5-7-8;3*1-2/h3-7H,2H2,1H3;1-2H3;2*1-2H2. The number of rotatable bonds is 1. The molecule has 0 aliphatic rings. The summed E-state index contributed by atoms with van der Waals surface area (Å²) in [6.45, 7) is 18.2. The van der Waals surface area contributed by atoms with E-state index in [9.17, 15) is 0 Å². The van der Waals surface area contributed by atoms with Crippen LogP contribution in [-0.4, -0.2) is 0 Å². The van der Waals surface area contributed by atoms with Crippen molar-refractivity contribution in [1.82, 2.24) is 0 Å². The first kappa shape index (κ1) is 18.5. The highest BCUT2D eigenvalue weighted by atomic mass is 13.9. The predicted octanol–water partition coefficient (Wildman–Crippen LogP) is 4.88. The van der Waals surface area contributed by atoms with E-state index in [1.807, 2.05) is 19.9 Å². The third-order valence-corrected chi connectivity index (χ3v) is 1.25. The summed E-state index contributed by atoms with van der Waals surface area (Å²) in [6.07, 6.45) is 1.14. The average Bonchev–Trinajstić information content (AvgIpc) is 2.37. The fourth-order valence-electron chi connectivity index (χ4n) is 0.714. The van der Waals surface area contributed by atoms with E-state index in [4.69, 9.17) is 0 Å². The van der Waals surface area contributed by atoms with Gasteiger partial charge in [-0.05, 0) is 12.0 Å². The highest BCUT2D eigenvalue weighted by Crippen LogP contribution is 1.96. The summed E-state index contributed by atoms with van der Waals surface area (Å²) in [7, 11) is 0. The summed E-state index contributed by atoms with van der Waals surface area (Å²) in [4.78, 5) is 0. The second-order valence-electron chi connectivity index (χ2n) is 1.84. The highest BCUT2D eigenvalue weighted by Gasteiger charge is 1.79. The van der Waals surface area contributed by atoms with Gasteiger partial charge < -0.3 is 0 Å². The first-order valence-corrected chi connectivity index (χ1v) is 4.97. The van der Waals surface area contributed by atoms with Crippen molar-refractivity contribution in [2.24, 2.45) is 0 Å². The Morgan fingerprint density at radius 2 is 1.21 bits per heavy atom. The maximum Gasteiger partial charge on any atom is -0.0307 e. The molecular formula is C14H24. The maximum absolute atomic E-state index is 3.00. The van der Waals surface area contributed by atoms with Crippen LogP contribution >= 0.6 is 0 Å². The van der Waals surface area contributed by atoms with Gasteiger partial charge in [0.05, 0.1) is 0 Å². The SMILES string of the molecule is C=C.C=C.CC.CCc1ccccc1. The minimum atomic E-state index is 1.14. The van der Waals surface area contributed by atoms with Crippen molar-refractivity contribution in [1.29, 1.82) is 0 Å². The van der Waals surface area contributed by atoms with Crippen LogP contribution in [0, 0.1) is 0 Å². The second kappa shape index (κ2) is 22.6. The van der Waals surface area contributed by atoms with Crippen LogP contribution in [0.25, 0.3) is 0 Å². The van der Waals surface area contributed by atoms with Gasteiger partial charge in [0.1, 0.15) is 0 Å². The minimum Gasteiger partial charge on any atom is -0.106 e. The lowest BCUT2D eigenvalue weighted by molar-refractivity contribution is 1.14. The molecule has 0 radical (unpaired) electrons. The molecule has 0 fully saturated rings. The Hall–Kier alpha value is -1.30. The van der Waals surface area contributed by atoms with E-state index >= 15 is 0 Å². The van der Waals surface area contributed by atoms with Crippen molar-refractivity contribution in [2.45, 2.75) is 27.2 Å². The monoisotopic (exact) mass is 192 g/mol. The molecule has 1 rings (SSSR count). The molecule has 1 aromatic rings. The fraction of sp³-hybridized carbons (Fsp3) is 0.286. The van der Waals surface area contributed by atoms with Gasteiger partial charge in [-0.1, -0.05) is 51.1 Å². The highest BCUT2D eigenvalue weighted by molar-refractivity contribution is 5.13. The number of benzene rings is 1. The molecule has 0 saturated heterocycles. The molecule has 0 N–H and O–H groups in total. The molecule has 0 atom stereocenters. The van der Waals surface area contributed by atoms with Crippen LogP contribution in [0.1, 0.15) is 26.3 Å². The molecule has 1 aromatic carbocycles. The van der Waals surface area contributed by atoms with Crippen LogP contribution in [0.5, 0.6) is 0 Å². The molecule has 0 aromatic heterocycles. The molecule has 0 saturated carbocycles. The molecular weight excluding hydrogens is 168 g/mol. The van der Waals surface area contributed by atoms with Gasteiger partial charge in [0, 0.05) is 0 Å². The summed E-state index contributed by atoms with van der Waals surface area (Å²) in [6, 6.07) is 10.5. The Morgan fingerprint density at radius 1 is 0.857 bits per heavy atom. The van der Waals surface area contributed by atoms with Gasteiger partial charge in [0.2, 0.25) is 0 Å². The van der Waals surface area contributed by atoms with E-state index in [0.29, 0.717) is 0 Å². The van der Waals surface area contributed by atoms with Crippen molar-refractivity contribution >= 4 is 0 Å². The van der Waals surface area contributed by atoms with Crippen LogP contribution in [0.2, 0.25) is 0 Å². The van der Waals surface area contributed by atoms with Gasteiger partial charge in [0.15, 0.2) is 0 Å². The van der Waals surface area contributed by atoms with Gasteiger partial charge in [-0.2, -0.15) is 0 Å². The maximum atomic E-state index is 3.00. The van der Waals surface area contributed by atoms with E-state index in [1.165, 1.54) is 5.56 Å². The average molecular weight is 192 g/mol. The largest absolute Gasteiger partial charge is 0.106 e. The molecule has 0 heterocycles. The van der Waals surface area contributed by atoms with Crippen LogP contribution < -0.4 is 0 Å². The molecule has 0 nitrogen and oxygen atoms in total. The molecule has 0 bridgehead atoms. The zero-order valence-electron chi connectivity index (χ0n) is 9.92. The second-order valence-corrected chi connectivity index (χ2v) is 1.84. The number of hydrogen-bond acceptors (Lipinski definition) is 0. The normalized spacial score (nSPS) is 6.21. The molecule has 0 unspecified atom stereocenters. The summed E-state index contributed by atoms with van der Waals surface area (Å²) in [5.41, 5.74) is 1.41. The van der Waals surface area contributed by atoms with Gasteiger partial charge in [0.25, 0.3) is 0 Å². The van der Waals surface area contributed by atoms with Crippen molar-refractivity contribution in [3.8, 4) is 0 Å². The lowest BCUT2D eigenvalue weighted by atomic mass is 10.2. The smallest absolute Gasteiger partial charge is 0.0307 e. The topological polar surface area (TPSA) is 0 Å². The van der Waals surface area contributed by atoms with Crippen molar-refractivity contribution in [2.75, 3.05) is 0 Å². The Bertz CT molecular complexity index is 163. The molecule has 0 spiro atoms. The quantitative estimate of drug-likeness (QED) is 0.556. The summed E-state index contributed by atoms with van der Waals surface area (Å²) >= 11 is 0. The molecule has 80 valence electrons. The van der Waals surface area contributed by atoms with E-state index in [1.54, 1.807) is 0 Å². The van der Waals surface area contributed by atoms with Crippen molar-refractivity contribution in [3.63, 3.8) is 0 Å². The predicted molar refractivity (Wildman–Crippen MR) is 69.7 cm³/mol. The van der Waals surface area contributed by atoms with Crippen LogP contribution in [-0.2, 0) is 6.42 Å². The Kier molecular flexibility index (Phi) is 29.8. The lowest BCUT2D eigenvalue weighted by Gasteiger charge is -1.89. The Balaban J connectivity index is -0.000000174. The molecule has 0 amide bonds. The van der Waals surface area contributed by atoms with Crippen LogP contribution in [0.3, 0.4) is 0 Å². The van der Waals surface area contributed by atoms with Gasteiger partial charge in [-0.15, -0.1) is 26.3 Å². The minimum absolute atomic E-state index is 1.14. The van der Waals surface area contributed by atoms with Crippen molar-refractivity contribution in [3.05, 3.63) is 62.2 Å². The fourth-order valence-corrected chi connectivity index (χ4v) is 0.714. The van der Waals surface area contributed by atoms with Crippen LogP contribution in [0.4, 0.5) is 0 Å². The molecule has 0 heteroatoms. The third kappa shape index (κ3) is 13.3. The zero-order chi connectivity index (χ0) is 11.8. The van der Waals surface area contributed by atoms with Gasteiger partial charge >= 0.3 is 0 Å². The van der Waals surface area contributed by atoms with E-state index in [-0.39, 0.29) is 0 Å². The van der Waals surface area contributed by atoms with Crippen molar-refractivity contribution < 1.29 is 0 Å². The van der Waals surface area contributed by atoms with E-state index in [0.717, 1.165) is 6.42 Å². The Labute approximate surface area is 90.0 Å². The first-order chi connectivity index (χ1) is 6.93. The summed E-state index contributed by atoms with van der Waals surface area (Å²) in [5, 5.41) is 0. The molecule has 0 aliphatic carbocycles. The molecule has 0 aliphatic heterocycles. The lowest BCUT2D eigenvalue weighted by Crippen LogP contribution is -1.73. The van der Waals surface area contributed by atoms with Gasteiger partial charge in [-0.3, -0.25) is 0 Å². The number of aryl methyl sites for hydroxylation is 1. The molecule has 14 heavy (non-hydrogen) atoms. The van der Waals surface area contributed by atoms with E-state index in [2.05, 4.69) is 57.5 Å². The van der Waals surface area contributed by atoms with Gasteiger partial charge in [-0.25, -0.2) is 0 Å². The summed E-state index contributed by atoms with van der Waals surface area (Å²) < 4.78 is 0. The first-order valence-electron chi connectivity index (χ1n) is 4.97. The van der Waals surface area contributed by atoms with Crippen LogP contribution in [0.15, 0.2) is 56.6 Å².